The van der Waals surface area contributed by atoms with Crippen molar-refractivity contribution in [2.75, 3.05) is 0 Å². The van der Waals surface area contributed by atoms with E-state index < -0.39 is 5.97 Å². The molecule has 2 rings (SSSR count). The quantitative estimate of drug-likeness (QED) is 0.888. The van der Waals surface area contributed by atoms with Gasteiger partial charge in [-0.3, -0.25) is 4.79 Å². The summed E-state index contributed by atoms with van der Waals surface area (Å²) >= 11 is 1.54. The molecular formula is C13H11NO3S. The number of hydrogen-bond acceptors (Lipinski definition) is 3. The van der Waals surface area contributed by atoms with Gasteiger partial charge < -0.3 is 10.4 Å². The van der Waals surface area contributed by atoms with Crippen LogP contribution in [0.2, 0.25) is 0 Å². The van der Waals surface area contributed by atoms with Crippen molar-refractivity contribution in [2.45, 2.75) is 6.54 Å². The summed E-state index contributed by atoms with van der Waals surface area (Å²) in [5.74, 6) is -1.47. The van der Waals surface area contributed by atoms with Crippen molar-refractivity contribution in [1.82, 2.24) is 5.32 Å². The molecule has 0 aliphatic heterocycles. The van der Waals surface area contributed by atoms with E-state index in [-0.39, 0.29) is 17.0 Å². The molecule has 0 fully saturated rings. The first-order chi connectivity index (χ1) is 8.68. The van der Waals surface area contributed by atoms with Crippen LogP contribution in [0, 0.1) is 0 Å². The van der Waals surface area contributed by atoms with E-state index >= 15 is 0 Å². The van der Waals surface area contributed by atoms with Crippen molar-refractivity contribution in [3.05, 3.63) is 57.8 Å². The van der Waals surface area contributed by atoms with E-state index in [1.165, 1.54) is 23.5 Å². The lowest BCUT2D eigenvalue weighted by Crippen LogP contribution is -2.24. The SMILES string of the molecule is O=C(O)c1ccccc1C(=O)NCc1cccs1. The van der Waals surface area contributed by atoms with Crippen LogP contribution in [0.15, 0.2) is 41.8 Å². The van der Waals surface area contributed by atoms with Crippen molar-refractivity contribution >= 4 is 23.2 Å². The summed E-state index contributed by atoms with van der Waals surface area (Å²) in [6.07, 6.45) is 0. The first-order valence-electron chi connectivity index (χ1n) is 5.31. The van der Waals surface area contributed by atoms with Gasteiger partial charge in [-0.25, -0.2) is 4.79 Å². The Labute approximate surface area is 108 Å². The molecule has 0 aliphatic carbocycles. The van der Waals surface area contributed by atoms with Gasteiger partial charge in [0.15, 0.2) is 0 Å². The second kappa shape index (κ2) is 5.46. The summed E-state index contributed by atoms with van der Waals surface area (Å²) in [5.41, 5.74) is 0.197. The van der Waals surface area contributed by atoms with Crippen molar-refractivity contribution in [3.8, 4) is 0 Å². The molecule has 18 heavy (non-hydrogen) atoms. The van der Waals surface area contributed by atoms with Crippen LogP contribution in [0.5, 0.6) is 0 Å². The van der Waals surface area contributed by atoms with Gasteiger partial charge in [0.25, 0.3) is 5.91 Å². The molecule has 2 aromatic rings. The van der Waals surface area contributed by atoms with Crippen LogP contribution < -0.4 is 5.32 Å². The molecule has 1 amide bonds. The minimum atomic E-state index is -1.10. The van der Waals surface area contributed by atoms with Crippen LogP contribution in [-0.4, -0.2) is 17.0 Å². The number of amides is 1. The average molecular weight is 261 g/mol. The number of benzene rings is 1. The van der Waals surface area contributed by atoms with Gasteiger partial charge in [0.1, 0.15) is 0 Å². The van der Waals surface area contributed by atoms with Crippen molar-refractivity contribution < 1.29 is 14.7 Å². The lowest BCUT2D eigenvalue weighted by atomic mass is 10.1. The first kappa shape index (κ1) is 12.3. The maximum Gasteiger partial charge on any atom is 0.336 e. The predicted octanol–water partition coefficient (Wildman–Crippen LogP) is 2.38. The zero-order chi connectivity index (χ0) is 13.0. The van der Waals surface area contributed by atoms with Crippen molar-refractivity contribution in [2.24, 2.45) is 0 Å². The number of thiophene rings is 1. The number of carbonyl (C=O) groups excluding carboxylic acids is 1. The highest BCUT2D eigenvalue weighted by molar-refractivity contribution is 7.09. The van der Waals surface area contributed by atoms with E-state index in [0.717, 1.165) is 4.88 Å². The third kappa shape index (κ3) is 2.75. The topological polar surface area (TPSA) is 66.4 Å². The van der Waals surface area contributed by atoms with Crippen molar-refractivity contribution in [1.29, 1.82) is 0 Å². The third-order valence-corrected chi connectivity index (χ3v) is 3.28. The summed E-state index contributed by atoms with van der Waals surface area (Å²) in [6.45, 7) is 0.407. The van der Waals surface area contributed by atoms with E-state index in [1.807, 2.05) is 17.5 Å². The molecule has 92 valence electrons. The molecule has 0 spiro atoms. The van der Waals surface area contributed by atoms with Gasteiger partial charge in [-0.1, -0.05) is 18.2 Å². The summed E-state index contributed by atoms with van der Waals surface area (Å²) in [7, 11) is 0. The lowest BCUT2D eigenvalue weighted by Gasteiger charge is -2.06. The number of nitrogens with one attached hydrogen (secondary N) is 1. The third-order valence-electron chi connectivity index (χ3n) is 2.41. The molecule has 0 bridgehead atoms. The van der Waals surface area contributed by atoms with E-state index in [0.29, 0.717) is 6.54 Å². The monoisotopic (exact) mass is 261 g/mol. The standard InChI is InChI=1S/C13H11NO3S/c15-12(14-8-9-4-3-7-18-9)10-5-1-2-6-11(10)13(16)17/h1-7H,8H2,(H,14,15)(H,16,17). The molecule has 1 aromatic carbocycles. The molecule has 0 radical (unpaired) electrons. The number of carboxylic acid groups (broad SMARTS) is 1. The van der Waals surface area contributed by atoms with Crippen LogP contribution in [0.25, 0.3) is 0 Å². The van der Waals surface area contributed by atoms with E-state index in [4.69, 9.17) is 5.11 Å². The summed E-state index contributed by atoms with van der Waals surface area (Å²) < 4.78 is 0. The highest BCUT2D eigenvalue weighted by atomic mass is 32.1. The Morgan fingerprint density at radius 3 is 2.44 bits per heavy atom. The van der Waals surface area contributed by atoms with E-state index in [9.17, 15) is 9.59 Å². The number of hydrogen-bond donors (Lipinski definition) is 2. The molecule has 0 aliphatic rings. The summed E-state index contributed by atoms with van der Waals surface area (Å²) in [4.78, 5) is 23.9. The van der Waals surface area contributed by atoms with Gasteiger partial charge in [0.05, 0.1) is 17.7 Å². The molecule has 5 heteroatoms. The number of carbonyl (C=O) groups is 2. The molecule has 2 N–H and O–H groups in total. The highest BCUT2D eigenvalue weighted by Gasteiger charge is 2.15. The molecule has 0 saturated carbocycles. The smallest absolute Gasteiger partial charge is 0.336 e. The van der Waals surface area contributed by atoms with Gasteiger partial charge in [0.2, 0.25) is 0 Å². The van der Waals surface area contributed by atoms with E-state index in [1.54, 1.807) is 12.1 Å². The van der Waals surface area contributed by atoms with E-state index in [2.05, 4.69) is 5.32 Å². The van der Waals surface area contributed by atoms with Crippen LogP contribution in [0.4, 0.5) is 0 Å². The Kier molecular flexibility index (Phi) is 3.74. The Hall–Kier alpha value is -2.14. The van der Waals surface area contributed by atoms with Crippen LogP contribution in [-0.2, 0) is 6.54 Å². The number of aromatic carboxylic acids is 1. The molecular weight excluding hydrogens is 250 g/mol. The minimum Gasteiger partial charge on any atom is -0.478 e. The Morgan fingerprint density at radius 2 is 1.83 bits per heavy atom. The second-order valence-electron chi connectivity index (χ2n) is 3.61. The normalized spacial score (nSPS) is 10.0. The predicted molar refractivity (Wildman–Crippen MR) is 68.9 cm³/mol. The van der Waals surface area contributed by atoms with Crippen LogP contribution >= 0.6 is 11.3 Å². The van der Waals surface area contributed by atoms with Gasteiger partial charge in [-0.05, 0) is 23.6 Å². The van der Waals surface area contributed by atoms with Crippen LogP contribution in [0.1, 0.15) is 25.6 Å². The van der Waals surface area contributed by atoms with Gasteiger partial charge in [0, 0.05) is 4.88 Å². The maximum absolute atomic E-state index is 11.9. The lowest BCUT2D eigenvalue weighted by molar-refractivity contribution is 0.0691. The molecule has 0 unspecified atom stereocenters. The molecule has 0 saturated heterocycles. The Balaban J connectivity index is 2.11. The van der Waals surface area contributed by atoms with Gasteiger partial charge >= 0.3 is 5.97 Å². The van der Waals surface area contributed by atoms with Crippen molar-refractivity contribution in [3.63, 3.8) is 0 Å². The molecule has 4 nitrogen and oxygen atoms in total. The fraction of sp³-hybridized carbons (Fsp3) is 0.0769. The van der Waals surface area contributed by atoms with Gasteiger partial charge in [-0.2, -0.15) is 0 Å². The fourth-order valence-electron chi connectivity index (χ4n) is 1.54. The zero-order valence-electron chi connectivity index (χ0n) is 9.42. The minimum absolute atomic E-state index is 0.0150. The molecule has 1 aromatic heterocycles. The largest absolute Gasteiger partial charge is 0.478 e. The fourth-order valence-corrected chi connectivity index (χ4v) is 2.19. The Bertz CT molecular complexity index is 563. The van der Waals surface area contributed by atoms with Gasteiger partial charge in [-0.15, -0.1) is 11.3 Å². The molecule has 0 atom stereocenters. The number of carboxylic acids is 1. The van der Waals surface area contributed by atoms with Crippen LogP contribution in [0.3, 0.4) is 0 Å². The second-order valence-corrected chi connectivity index (χ2v) is 4.65. The Morgan fingerprint density at radius 1 is 1.11 bits per heavy atom. The molecule has 1 heterocycles. The average Bonchev–Trinajstić information content (AvgIpc) is 2.89. The maximum atomic E-state index is 11.9. The zero-order valence-corrected chi connectivity index (χ0v) is 10.2. The summed E-state index contributed by atoms with van der Waals surface area (Å²) in [6, 6.07) is 9.98. The highest BCUT2D eigenvalue weighted by Crippen LogP contribution is 2.11. The number of rotatable bonds is 4. The summed E-state index contributed by atoms with van der Waals surface area (Å²) in [5, 5.41) is 13.6. The first-order valence-corrected chi connectivity index (χ1v) is 6.19.